The van der Waals surface area contributed by atoms with Crippen molar-refractivity contribution in [2.75, 3.05) is 12.8 Å². The lowest BCUT2D eigenvalue weighted by molar-refractivity contribution is 0.1000. The van der Waals surface area contributed by atoms with E-state index in [1.807, 2.05) is 0 Å². The highest BCUT2D eigenvalue weighted by molar-refractivity contribution is 5.93. The number of hydrogen-bond donors (Lipinski definition) is 2. The largest absolute Gasteiger partial charge is 0.479 e. The summed E-state index contributed by atoms with van der Waals surface area (Å²) in [5, 5.41) is 0. The number of methoxy groups -OCH3 is 1. The number of nitrogen functional groups attached to an aromatic ring is 1. The molecule has 0 saturated carbocycles. The Kier molecular flexibility index (Phi) is 3.51. The van der Waals surface area contributed by atoms with Gasteiger partial charge in [0.1, 0.15) is 5.75 Å². The van der Waals surface area contributed by atoms with E-state index in [1.165, 1.54) is 13.2 Å². The first-order valence-electron chi connectivity index (χ1n) is 5.48. The van der Waals surface area contributed by atoms with Crippen molar-refractivity contribution >= 4 is 11.6 Å². The van der Waals surface area contributed by atoms with Crippen molar-refractivity contribution in [2.45, 2.75) is 0 Å². The number of rotatable bonds is 4. The number of ether oxygens (including phenoxy) is 2. The second-order valence-corrected chi connectivity index (χ2v) is 3.74. The lowest BCUT2D eigenvalue weighted by Gasteiger charge is -2.08. The molecule has 19 heavy (non-hydrogen) atoms. The van der Waals surface area contributed by atoms with Crippen molar-refractivity contribution in [3.05, 3.63) is 42.0 Å². The van der Waals surface area contributed by atoms with Crippen molar-refractivity contribution < 1.29 is 14.3 Å². The summed E-state index contributed by atoms with van der Waals surface area (Å²) in [4.78, 5) is 15.1. The Morgan fingerprint density at radius 2 is 2.05 bits per heavy atom. The van der Waals surface area contributed by atoms with Crippen LogP contribution in [0.15, 0.2) is 36.4 Å². The second kappa shape index (κ2) is 5.26. The van der Waals surface area contributed by atoms with Crippen LogP contribution >= 0.6 is 0 Å². The molecule has 6 heteroatoms. The predicted molar refractivity (Wildman–Crippen MR) is 70.2 cm³/mol. The molecule has 2 aromatic rings. The standard InChI is InChI=1S/C13H13N3O3/c1-18-13-10(14)5-6-11(16-13)19-9-4-2-3-8(7-9)12(15)17/h2-7H,14H2,1H3,(H2,15,17). The Bertz CT molecular complexity index is 614. The van der Waals surface area contributed by atoms with Crippen molar-refractivity contribution in [1.82, 2.24) is 4.98 Å². The minimum Gasteiger partial charge on any atom is -0.479 e. The zero-order valence-corrected chi connectivity index (χ0v) is 10.3. The van der Waals surface area contributed by atoms with E-state index in [9.17, 15) is 4.79 Å². The van der Waals surface area contributed by atoms with Crippen molar-refractivity contribution in [3.8, 4) is 17.5 Å². The number of carbonyl (C=O) groups excluding carboxylic acids is 1. The summed E-state index contributed by atoms with van der Waals surface area (Å²) < 4.78 is 10.5. The smallest absolute Gasteiger partial charge is 0.248 e. The summed E-state index contributed by atoms with van der Waals surface area (Å²) >= 11 is 0. The Labute approximate surface area is 110 Å². The number of nitrogens with zero attached hydrogens (tertiary/aromatic N) is 1. The van der Waals surface area contributed by atoms with Crippen LogP contribution in [0.1, 0.15) is 10.4 Å². The molecule has 0 spiro atoms. The van der Waals surface area contributed by atoms with Gasteiger partial charge in [-0.25, -0.2) is 0 Å². The molecule has 0 aliphatic rings. The Morgan fingerprint density at radius 3 is 2.74 bits per heavy atom. The number of aromatic nitrogens is 1. The minimum atomic E-state index is -0.520. The monoisotopic (exact) mass is 259 g/mol. The minimum absolute atomic E-state index is 0.281. The molecule has 1 amide bonds. The summed E-state index contributed by atoms with van der Waals surface area (Å²) in [6.07, 6.45) is 0. The molecule has 2 rings (SSSR count). The van der Waals surface area contributed by atoms with Crippen LogP contribution in [0.5, 0.6) is 17.5 Å². The maximum absolute atomic E-state index is 11.1. The number of carbonyl (C=O) groups is 1. The first kappa shape index (κ1) is 12.7. The zero-order valence-electron chi connectivity index (χ0n) is 10.3. The first-order chi connectivity index (χ1) is 9.10. The Balaban J connectivity index is 2.26. The number of hydrogen-bond acceptors (Lipinski definition) is 5. The van der Waals surface area contributed by atoms with Gasteiger partial charge in [0.25, 0.3) is 0 Å². The summed E-state index contributed by atoms with van der Waals surface area (Å²) in [5.41, 5.74) is 11.6. The quantitative estimate of drug-likeness (QED) is 0.867. The van der Waals surface area contributed by atoms with E-state index in [4.69, 9.17) is 20.9 Å². The molecule has 0 aliphatic heterocycles. The summed E-state index contributed by atoms with van der Waals surface area (Å²) in [5.74, 6) is 0.528. The Hall–Kier alpha value is -2.76. The van der Waals surface area contributed by atoms with Crippen LogP contribution in [0.25, 0.3) is 0 Å². The van der Waals surface area contributed by atoms with Crippen LogP contribution < -0.4 is 20.9 Å². The van der Waals surface area contributed by atoms with Gasteiger partial charge in [0.2, 0.25) is 17.7 Å². The predicted octanol–water partition coefficient (Wildman–Crippen LogP) is 1.56. The number of primary amides is 1. The van der Waals surface area contributed by atoms with E-state index in [2.05, 4.69) is 4.98 Å². The topological polar surface area (TPSA) is 100 Å². The summed E-state index contributed by atoms with van der Waals surface area (Å²) in [7, 11) is 1.47. The lowest BCUT2D eigenvalue weighted by atomic mass is 10.2. The Morgan fingerprint density at radius 1 is 1.26 bits per heavy atom. The van der Waals surface area contributed by atoms with Gasteiger partial charge in [0.15, 0.2) is 0 Å². The molecule has 1 heterocycles. The van der Waals surface area contributed by atoms with E-state index in [0.717, 1.165) is 0 Å². The molecule has 1 aromatic heterocycles. The molecule has 0 radical (unpaired) electrons. The van der Waals surface area contributed by atoms with Gasteiger partial charge in [-0.05, 0) is 24.3 Å². The molecule has 0 atom stereocenters. The number of pyridine rings is 1. The fourth-order valence-corrected chi connectivity index (χ4v) is 1.49. The molecule has 6 nitrogen and oxygen atoms in total. The van der Waals surface area contributed by atoms with Gasteiger partial charge in [-0.2, -0.15) is 4.98 Å². The number of amides is 1. The average Bonchev–Trinajstić information content (AvgIpc) is 2.41. The third-order valence-electron chi connectivity index (χ3n) is 2.40. The highest BCUT2D eigenvalue weighted by Gasteiger charge is 2.06. The van der Waals surface area contributed by atoms with Crippen molar-refractivity contribution in [2.24, 2.45) is 5.73 Å². The van der Waals surface area contributed by atoms with Crippen LogP contribution in [0.4, 0.5) is 5.69 Å². The van der Waals surface area contributed by atoms with E-state index in [1.54, 1.807) is 30.3 Å². The molecular formula is C13H13N3O3. The maximum atomic E-state index is 11.1. The first-order valence-corrected chi connectivity index (χ1v) is 5.48. The van der Waals surface area contributed by atoms with Crippen LogP contribution in [0.3, 0.4) is 0 Å². The fourth-order valence-electron chi connectivity index (χ4n) is 1.49. The van der Waals surface area contributed by atoms with E-state index in [-0.39, 0.29) is 5.88 Å². The van der Waals surface area contributed by atoms with E-state index < -0.39 is 5.91 Å². The molecule has 1 aromatic carbocycles. The number of benzene rings is 1. The van der Waals surface area contributed by atoms with Gasteiger partial charge in [0.05, 0.1) is 12.8 Å². The highest BCUT2D eigenvalue weighted by Crippen LogP contribution is 2.25. The van der Waals surface area contributed by atoms with Gasteiger partial charge >= 0.3 is 0 Å². The zero-order chi connectivity index (χ0) is 13.8. The van der Waals surface area contributed by atoms with Gasteiger partial charge in [-0.15, -0.1) is 0 Å². The normalized spacial score (nSPS) is 9.95. The number of anilines is 1. The van der Waals surface area contributed by atoms with Crippen molar-refractivity contribution in [1.29, 1.82) is 0 Å². The molecule has 0 unspecified atom stereocenters. The third-order valence-corrected chi connectivity index (χ3v) is 2.40. The molecule has 0 saturated heterocycles. The van der Waals surface area contributed by atoms with Crippen LogP contribution in [0.2, 0.25) is 0 Å². The average molecular weight is 259 g/mol. The third kappa shape index (κ3) is 2.92. The van der Waals surface area contributed by atoms with Crippen LogP contribution in [0, 0.1) is 0 Å². The van der Waals surface area contributed by atoms with Crippen LogP contribution in [-0.2, 0) is 0 Å². The highest BCUT2D eigenvalue weighted by atomic mass is 16.5. The lowest BCUT2D eigenvalue weighted by Crippen LogP contribution is -2.10. The van der Waals surface area contributed by atoms with E-state index >= 15 is 0 Å². The molecule has 4 N–H and O–H groups in total. The summed E-state index contributed by atoms with van der Waals surface area (Å²) in [6.45, 7) is 0. The SMILES string of the molecule is COc1nc(Oc2cccc(C(N)=O)c2)ccc1N. The van der Waals surface area contributed by atoms with Gasteiger partial charge in [-0.3, -0.25) is 4.79 Å². The van der Waals surface area contributed by atoms with Gasteiger partial charge in [-0.1, -0.05) is 6.07 Å². The second-order valence-electron chi connectivity index (χ2n) is 3.74. The molecule has 0 bridgehead atoms. The molecular weight excluding hydrogens is 246 g/mol. The molecule has 98 valence electrons. The van der Waals surface area contributed by atoms with Gasteiger partial charge in [0, 0.05) is 11.6 Å². The van der Waals surface area contributed by atoms with Crippen LogP contribution in [-0.4, -0.2) is 18.0 Å². The van der Waals surface area contributed by atoms with Crippen molar-refractivity contribution in [3.63, 3.8) is 0 Å². The summed E-state index contributed by atoms with van der Waals surface area (Å²) in [6, 6.07) is 9.73. The number of nitrogens with two attached hydrogens (primary N) is 2. The maximum Gasteiger partial charge on any atom is 0.248 e. The van der Waals surface area contributed by atoms with Gasteiger partial charge < -0.3 is 20.9 Å². The van der Waals surface area contributed by atoms with E-state index in [0.29, 0.717) is 22.9 Å². The molecule has 0 aliphatic carbocycles. The fraction of sp³-hybridized carbons (Fsp3) is 0.0769. The molecule has 0 fully saturated rings.